The number of likely N-dealkylation sites (N-methyl/N-ethyl adjacent to an activating group) is 2. The lowest BCUT2D eigenvalue weighted by molar-refractivity contribution is 0.0246. The minimum absolute atomic E-state index is 0.431. The van der Waals surface area contributed by atoms with Crippen LogP contribution in [0.1, 0.15) is 26.2 Å². The zero-order chi connectivity index (χ0) is 13.4. The molecule has 18 heavy (non-hydrogen) atoms. The van der Waals surface area contributed by atoms with Crippen LogP contribution in [0.3, 0.4) is 0 Å². The summed E-state index contributed by atoms with van der Waals surface area (Å²) in [6.07, 6.45) is 4.55. The molecule has 1 aliphatic heterocycles. The predicted molar refractivity (Wildman–Crippen MR) is 77.1 cm³/mol. The first kappa shape index (κ1) is 15.9. The van der Waals surface area contributed by atoms with E-state index in [1.54, 1.807) is 0 Å². The standard InChI is InChI=1S/C14H31N3O/c1-5-17(10-6-9-16(3)4)12-14-8-7-13(18-14)11-15-2/h13-15H,5-12H2,1-4H3. The van der Waals surface area contributed by atoms with Crippen molar-refractivity contribution >= 4 is 0 Å². The smallest absolute Gasteiger partial charge is 0.0707 e. The maximum Gasteiger partial charge on any atom is 0.0707 e. The summed E-state index contributed by atoms with van der Waals surface area (Å²) in [5.74, 6) is 0. The minimum atomic E-state index is 0.431. The van der Waals surface area contributed by atoms with Crippen LogP contribution in [0.4, 0.5) is 0 Å². The van der Waals surface area contributed by atoms with E-state index in [2.05, 4.69) is 36.1 Å². The number of hydrogen-bond acceptors (Lipinski definition) is 4. The van der Waals surface area contributed by atoms with Crippen molar-refractivity contribution in [3.8, 4) is 0 Å². The quantitative estimate of drug-likeness (QED) is 0.668. The highest BCUT2D eigenvalue weighted by Gasteiger charge is 2.25. The van der Waals surface area contributed by atoms with Crippen molar-refractivity contribution in [2.45, 2.75) is 38.4 Å². The molecule has 1 fully saturated rings. The van der Waals surface area contributed by atoms with Gasteiger partial charge < -0.3 is 19.9 Å². The number of nitrogens with zero attached hydrogens (tertiary/aromatic N) is 2. The molecule has 0 aromatic carbocycles. The van der Waals surface area contributed by atoms with Crippen molar-refractivity contribution in [2.24, 2.45) is 0 Å². The summed E-state index contributed by atoms with van der Waals surface area (Å²) >= 11 is 0. The zero-order valence-corrected chi connectivity index (χ0v) is 12.6. The third-order valence-corrected chi connectivity index (χ3v) is 3.62. The molecule has 2 atom stereocenters. The maximum absolute atomic E-state index is 6.05. The highest BCUT2D eigenvalue weighted by molar-refractivity contribution is 4.77. The van der Waals surface area contributed by atoms with Gasteiger partial charge in [-0.1, -0.05) is 6.92 Å². The first-order valence-corrected chi connectivity index (χ1v) is 7.32. The van der Waals surface area contributed by atoms with Gasteiger partial charge in [0, 0.05) is 13.1 Å². The van der Waals surface area contributed by atoms with E-state index in [1.807, 2.05) is 7.05 Å². The Kier molecular flexibility index (Phi) is 7.82. The summed E-state index contributed by atoms with van der Waals surface area (Å²) in [7, 11) is 6.27. The van der Waals surface area contributed by atoms with Gasteiger partial charge in [-0.05, 0) is 60.0 Å². The van der Waals surface area contributed by atoms with Crippen LogP contribution >= 0.6 is 0 Å². The van der Waals surface area contributed by atoms with Crippen molar-refractivity contribution < 1.29 is 4.74 Å². The van der Waals surface area contributed by atoms with Gasteiger partial charge in [-0.25, -0.2) is 0 Å². The second kappa shape index (κ2) is 8.86. The van der Waals surface area contributed by atoms with E-state index in [1.165, 1.54) is 32.4 Å². The molecule has 108 valence electrons. The van der Waals surface area contributed by atoms with Gasteiger partial charge in [0.1, 0.15) is 0 Å². The molecule has 2 unspecified atom stereocenters. The van der Waals surface area contributed by atoms with Crippen molar-refractivity contribution in [2.75, 3.05) is 53.9 Å². The minimum Gasteiger partial charge on any atom is -0.372 e. The van der Waals surface area contributed by atoms with Crippen LogP contribution < -0.4 is 5.32 Å². The Morgan fingerprint density at radius 2 is 1.89 bits per heavy atom. The fourth-order valence-corrected chi connectivity index (χ4v) is 2.57. The van der Waals surface area contributed by atoms with E-state index in [-0.39, 0.29) is 0 Å². The maximum atomic E-state index is 6.05. The third kappa shape index (κ3) is 6.14. The van der Waals surface area contributed by atoms with Crippen LogP contribution in [0.15, 0.2) is 0 Å². The van der Waals surface area contributed by atoms with Crippen LogP contribution in [-0.2, 0) is 4.74 Å². The summed E-state index contributed by atoms with van der Waals surface area (Å²) in [5, 5.41) is 3.20. The predicted octanol–water partition coefficient (Wildman–Crippen LogP) is 1.03. The lowest BCUT2D eigenvalue weighted by Gasteiger charge is -2.24. The van der Waals surface area contributed by atoms with Gasteiger partial charge in [0.15, 0.2) is 0 Å². The number of ether oxygens (including phenoxy) is 1. The largest absolute Gasteiger partial charge is 0.372 e. The fourth-order valence-electron chi connectivity index (χ4n) is 2.57. The molecule has 0 bridgehead atoms. The summed E-state index contributed by atoms with van der Waals surface area (Å²) in [6, 6.07) is 0. The molecule has 1 rings (SSSR count). The highest BCUT2D eigenvalue weighted by Crippen LogP contribution is 2.20. The second-order valence-corrected chi connectivity index (χ2v) is 5.57. The third-order valence-electron chi connectivity index (χ3n) is 3.62. The van der Waals surface area contributed by atoms with Crippen molar-refractivity contribution in [1.29, 1.82) is 0 Å². The molecule has 1 heterocycles. The Labute approximate surface area is 113 Å². The van der Waals surface area contributed by atoms with E-state index in [9.17, 15) is 0 Å². The first-order chi connectivity index (χ1) is 8.65. The van der Waals surface area contributed by atoms with Gasteiger partial charge in [-0.3, -0.25) is 0 Å². The van der Waals surface area contributed by atoms with Gasteiger partial charge in [0.2, 0.25) is 0 Å². The average Bonchev–Trinajstić information content (AvgIpc) is 2.75. The molecule has 1 aliphatic rings. The van der Waals surface area contributed by atoms with Crippen molar-refractivity contribution in [1.82, 2.24) is 15.1 Å². The normalized spacial score (nSPS) is 24.3. The molecule has 0 aromatic heterocycles. The molecule has 0 aliphatic carbocycles. The Bertz CT molecular complexity index is 211. The average molecular weight is 257 g/mol. The fraction of sp³-hybridized carbons (Fsp3) is 1.00. The molecule has 1 N–H and O–H groups in total. The summed E-state index contributed by atoms with van der Waals surface area (Å²) in [4.78, 5) is 4.78. The lowest BCUT2D eigenvalue weighted by atomic mass is 10.2. The van der Waals surface area contributed by atoms with Crippen molar-refractivity contribution in [3.63, 3.8) is 0 Å². The van der Waals surface area contributed by atoms with Gasteiger partial charge >= 0.3 is 0 Å². The molecule has 0 amide bonds. The van der Waals surface area contributed by atoms with Crippen LogP contribution in [0.5, 0.6) is 0 Å². The Hall–Kier alpha value is -0.160. The molecule has 0 spiro atoms. The molecular weight excluding hydrogens is 226 g/mol. The molecule has 4 nitrogen and oxygen atoms in total. The molecule has 4 heteroatoms. The van der Waals surface area contributed by atoms with Gasteiger partial charge in [-0.2, -0.15) is 0 Å². The second-order valence-electron chi connectivity index (χ2n) is 5.57. The molecular formula is C14H31N3O. The summed E-state index contributed by atoms with van der Waals surface area (Å²) in [6.45, 7) is 7.82. The van der Waals surface area contributed by atoms with E-state index in [4.69, 9.17) is 4.74 Å². The van der Waals surface area contributed by atoms with Gasteiger partial charge in [-0.15, -0.1) is 0 Å². The van der Waals surface area contributed by atoms with Crippen LogP contribution in [0, 0.1) is 0 Å². The highest BCUT2D eigenvalue weighted by atomic mass is 16.5. The number of hydrogen-bond donors (Lipinski definition) is 1. The topological polar surface area (TPSA) is 27.7 Å². The molecule has 0 radical (unpaired) electrons. The Morgan fingerprint density at radius 3 is 2.50 bits per heavy atom. The molecule has 1 saturated heterocycles. The first-order valence-electron chi connectivity index (χ1n) is 7.32. The monoisotopic (exact) mass is 257 g/mol. The van der Waals surface area contributed by atoms with Crippen LogP contribution in [0.2, 0.25) is 0 Å². The SMILES string of the molecule is CCN(CCCN(C)C)CC1CCC(CNC)O1. The van der Waals surface area contributed by atoms with Crippen molar-refractivity contribution in [3.05, 3.63) is 0 Å². The van der Waals surface area contributed by atoms with E-state index in [0.29, 0.717) is 12.2 Å². The molecule has 0 saturated carbocycles. The Morgan fingerprint density at radius 1 is 1.17 bits per heavy atom. The van der Waals surface area contributed by atoms with Crippen LogP contribution in [0.25, 0.3) is 0 Å². The van der Waals surface area contributed by atoms with E-state index in [0.717, 1.165) is 19.6 Å². The number of nitrogens with one attached hydrogen (secondary N) is 1. The van der Waals surface area contributed by atoms with E-state index >= 15 is 0 Å². The summed E-state index contributed by atoms with van der Waals surface area (Å²) in [5.41, 5.74) is 0. The lowest BCUT2D eigenvalue weighted by Crippen LogP contribution is -2.35. The van der Waals surface area contributed by atoms with E-state index < -0.39 is 0 Å². The van der Waals surface area contributed by atoms with Gasteiger partial charge in [0.05, 0.1) is 12.2 Å². The van der Waals surface area contributed by atoms with Gasteiger partial charge in [0.25, 0.3) is 0 Å². The Balaban J connectivity index is 2.18. The van der Waals surface area contributed by atoms with Crippen LogP contribution in [-0.4, -0.2) is 75.9 Å². The molecule has 0 aromatic rings. The zero-order valence-electron chi connectivity index (χ0n) is 12.6. The number of rotatable bonds is 9. The summed E-state index contributed by atoms with van der Waals surface area (Å²) < 4.78 is 6.05.